The standard InChI is InChI=1S/C13H15ClN2OS/c1-9(15-2)10-3-4-13(12(14)5-10)17-7-11-6-16-8-18-11/h3-6,8-9,15H,7H2,1-2H3. The molecule has 0 radical (unpaired) electrons. The molecule has 3 nitrogen and oxygen atoms in total. The lowest BCUT2D eigenvalue weighted by Crippen LogP contribution is -2.12. The molecule has 0 aliphatic carbocycles. The largest absolute Gasteiger partial charge is 0.486 e. The van der Waals surface area contributed by atoms with Crippen LogP contribution >= 0.6 is 22.9 Å². The fourth-order valence-corrected chi connectivity index (χ4v) is 2.28. The van der Waals surface area contributed by atoms with Gasteiger partial charge in [-0.3, -0.25) is 4.98 Å². The second kappa shape index (κ2) is 6.18. The zero-order valence-electron chi connectivity index (χ0n) is 10.3. The average Bonchev–Trinajstić information content (AvgIpc) is 2.89. The number of aromatic nitrogens is 1. The predicted molar refractivity (Wildman–Crippen MR) is 75.4 cm³/mol. The van der Waals surface area contributed by atoms with Gasteiger partial charge in [-0.15, -0.1) is 11.3 Å². The molecule has 0 fully saturated rings. The van der Waals surface area contributed by atoms with Crippen molar-refractivity contribution in [3.63, 3.8) is 0 Å². The van der Waals surface area contributed by atoms with Crippen molar-refractivity contribution in [2.24, 2.45) is 0 Å². The third-order valence-corrected chi connectivity index (χ3v) is 3.79. The van der Waals surface area contributed by atoms with Gasteiger partial charge in [-0.1, -0.05) is 17.7 Å². The van der Waals surface area contributed by atoms with Crippen LogP contribution in [0.3, 0.4) is 0 Å². The highest BCUT2D eigenvalue weighted by Gasteiger charge is 2.07. The van der Waals surface area contributed by atoms with Crippen LogP contribution in [-0.2, 0) is 6.61 Å². The first-order valence-electron chi connectivity index (χ1n) is 5.67. The predicted octanol–water partition coefficient (Wildman–Crippen LogP) is 3.66. The van der Waals surface area contributed by atoms with Crippen LogP contribution in [-0.4, -0.2) is 12.0 Å². The number of halogens is 1. The second-order valence-corrected chi connectivity index (χ2v) is 5.33. The molecule has 18 heavy (non-hydrogen) atoms. The van der Waals surface area contributed by atoms with E-state index in [1.165, 1.54) is 0 Å². The zero-order chi connectivity index (χ0) is 13.0. The molecule has 0 saturated heterocycles. The smallest absolute Gasteiger partial charge is 0.138 e. The van der Waals surface area contributed by atoms with E-state index in [9.17, 15) is 0 Å². The monoisotopic (exact) mass is 282 g/mol. The van der Waals surface area contributed by atoms with Gasteiger partial charge < -0.3 is 10.1 Å². The van der Waals surface area contributed by atoms with E-state index >= 15 is 0 Å². The van der Waals surface area contributed by atoms with Gasteiger partial charge in [0.15, 0.2) is 0 Å². The molecule has 1 aromatic heterocycles. The van der Waals surface area contributed by atoms with Gasteiger partial charge in [-0.05, 0) is 31.7 Å². The van der Waals surface area contributed by atoms with Gasteiger partial charge in [0.25, 0.3) is 0 Å². The van der Waals surface area contributed by atoms with Crippen molar-refractivity contribution < 1.29 is 4.74 Å². The summed E-state index contributed by atoms with van der Waals surface area (Å²) in [7, 11) is 1.92. The lowest BCUT2D eigenvalue weighted by atomic mass is 10.1. The van der Waals surface area contributed by atoms with Crippen LogP contribution in [0.25, 0.3) is 0 Å². The van der Waals surface area contributed by atoms with Gasteiger partial charge in [0.1, 0.15) is 12.4 Å². The molecule has 0 aliphatic heterocycles. The molecule has 1 aromatic carbocycles. The van der Waals surface area contributed by atoms with E-state index in [0.29, 0.717) is 17.4 Å². The minimum Gasteiger partial charge on any atom is -0.486 e. The van der Waals surface area contributed by atoms with Crippen LogP contribution in [0, 0.1) is 0 Å². The Balaban J connectivity index is 2.05. The lowest BCUT2D eigenvalue weighted by Gasteiger charge is -2.13. The number of rotatable bonds is 5. The molecule has 1 atom stereocenters. The maximum atomic E-state index is 6.21. The number of hydrogen-bond acceptors (Lipinski definition) is 4. The summed E-state index contributed by atoms with van der Waals surface area (Å²) in [4.78, 5) is 5.08. The molecule has 1 unspecified atom stereocenters. The van der Waals surface area contributed by atoms with E-state index < -0.39 is 0 Å². The molecule has 96 valence electrons. The van der Waals surface area contributed by atoms with Gasteiger partial charge in [0.05, 0.1) is 15.4 Å². The van der Waals surface area contributed by atoms with Gasteiger partial charge in [0.2, 0.25) is 0 Å². The van der Waals surface area contributed by atoms with Crippen molar-refractivity contribution in [1.82, 2.24) is 10.3 Å². The Kier molecular flexibility index (Phi) is 4.58. The Hall–Kier alpha value is -1.10. The van der Waals surface area contributed by atoms with Crippen molar-refractivity contribution >= 4 is 22.9 Å². The molecule has 0 amide bonds. The van der Waals surface area contributed by atoms with Gasteiger partial charge in [0, 0.05) is 12.2 Å². The molecule has 0 aliphatic rings. The maximum absolute atomic E-state index is 6.21. The van der Waals surface area contributed by atoms with Crippen molar-refractivity contribution in [3.8, 4) is 5.75 Å². The first kappa shape index (κ1) is 13.3. The van der Waals surface area contributed by atoms with E-state index in [0.717, 1.165) is 10.4 Å². The lowest BCUT2D eigenvalue weighted by molar-refractivity contribution is 0.309. The maximum Gasteiger partial charge on any atom is 0.138 e. The molecular formula is C13H15ClN2OS. The van der Waals surface area contributed by atoms with Crippen LogP contribution in [0.2, 0.25) is 5.02 Å². The average molecular weight is 283 g/mol. The topological polar surface area (TPSA) is 34.1 Å². The van der Waals surface area contributed by atoms with Crippen molar-refractivity contribution in [2.45, 2.75) is 19.6 Å². The Morgan fingerprint density at radius 3 is 2.94 bits per heavy atom. The minimum absolute atomic E-state index is 0.276. The third kappa shape index (κ3) is 3.22. The first-order valence-corrected chi connectivity index (χ1v) is 6.93. The van der Waals surface area contributed by atoms with E-state index in [-0.39, 0.29) is 6.04 Å². The van der Waals surface area contributed by atoms with E-state index in [1.807, 2.05) is 25.2 Å². The summed E-state index contributed by atoms with van der Waals surface area (Å²) < 4.78 is 5.67. The summed E-state index contributed by atoms with van der Waals surface area (Å²) in [6.07, 6.45) is 1.80. The zero-order valence-corrected chi connectivity index (χ0v) is 11.9. The minimum atomic E-state index is 0.276. The molecule has 2 rings (SSSR count). The molecular weight excluding hydrogens is 268 g/mol. The highest BCUT2D eigenvalue weighted by Crippen LogP contribution is 2.28. The van der Waals surface area contributed by atoms with Crippen LogP contribution in [0.15, 0.2) is 29.9 Å². The van der Waals surface area contributed by atoms with Crippen LogP contribution < -0.4 is 10.1 Å². The summed E-state index contributed by atoms with van der Waals surface area (Å²) in [6, 6.07) is 6.14. The molecule has 0 bridgehead atoms. The number of thiazole rings is 1. The molecule has 1 heterocycles. The quantitative estimate of drug-likeness (QED) is 0.909. The van der Waals surface area contributed by atoms with Crippen molar-refractivity contribution in [2.75, 3.05) is 7.05 Å². The normalized spacial score (nSPS) is 12.4. The fourth-order valence-electron chi connectivity index (χ4n) is 1.53. The molecule has 1 N–H and O–H groups in total. The van der Waals surface area contributed by atoms with Gasteiger partial charge >= 0.3 is 0 Å². The summed E-state index contributed by atoms with van der Waals surface area (Å²) in [5, 5.41) is 3.81. The van der Waals surface area contributed by atoms with E-state index in [4.69, 9.17) is 16.3 Å². The van der Waals surface area contributed by atoms with Crippen molar-refractivity contribution in [3.05, 3.63) is 45.4 Å². The molecule has 0 saturated carbocycles. The Morgan fingerprint density at radius 2 is 2.33 bits per heavy atom. The van der Waals surface area contributed by atoms with Gasteiger partial charge in [-0.2, -0.15) is 0 Å². The Labute approximate surface area is 116 Å². The number of nitrogens with zero attached hydrogens (tertiary/aromatic N) is 1. The Bertz CT molecular complexity index is 502. The van der Waals surface area contributed by atoms with Crippen LogP contribution in [0.5, 0.6) is 5.75 Å². The van der Waals surface area contributed by atoms with E-state index in [1.54, 1.807) is 23.0 Å². The number of ether oxygens (including phenoxy) is 1. The number of hydrogen-bond donors (Lipinski definition) is 1. The number of nitrogens with one attached hydrogen (secondary N) is 1. The first-order chi connectivity index (χ1) is 8.70. The van der Waals surface area contributed by atoms with Crippen LogP contribution in [0.1, 0.15) is 23.4 Å². The van der Waals surface area contributed by atoms with E-state index in [2.05, 4.69) is 17.2 Å². The Morgan fingerprint density at radius 1 is 1.50 bits per heavy atom. The van der Waals surface area contributed by atoms with Gasteiger partial charge in [-0.25, -0.2) is 0 Å². The summed E-state index contributed by atoms with van der Waals surface area (Å²) >= 11 is 7.78. The summed E-state index contributed by atoms with van der Waals surface area (Å²) in [5.41, 5.74) is 2.94. The number of benzene rings is 1. The van der Waals surface area contributed by atoms with Crippen LogP contribution in [0.4, 0.5) is 0 Å². The molecule has 2 aromatic rings. The SMILES string of the molecule is CNC(C)c1ccc(OCc2cncs2)c(Cl)c1. The van der Waals surface area contributed by atoms with Crippen molar-refractivity contribution in [1.29, 1.82) is 0 Å². The second-order valence-electron chi connectivity index (χ2n) is 3.96. The molecule has 5 heteroatoms. The fraction of sp³-hybridized carbons (Fsp3) is 0.308. The highest BCUT2D eigenvalue weighted by molar-refractivity contribution is 7.09. The summed E-state index contributed by atoms with van der Waals surface area (Å²) in [6.45, 7) is 2.59. The third-order valence-electron chi connectivity index (χ3n) is 2.74. The highest BCUT2D eigenvalue weighted by atomic mass is 35.5. The summed E-state index contributed by atoms with van der Waals surface area (Å²) in [5.74, 6) is 0.706. The molecule has 0 spiro atoms.